The molecule has 0 spiro atoms. The number of carboxylic acid groups (broad SMARTS) is 1. The molecule has 0 aromatic heterocycles. The summed E-state index contributed by atoms with van der Waals surface area (Å²) in [5, 5.41) is 17.9. The van der Waals surface area contributed by atoms with Crippen molar-refractivity contribution in [3.8, 4) is 0 Å². The Morgan fingerprint density at radius 2 is 1.81 bits per heavy atom. The molecule has 5 heteroatoms. The highest BCUT2D eigenvalue weighted by atomic mass is 16.4. The Morgan fingerprint density at radius 1 is 1.19 bits per heavy atom. The van der Waals surface area contributed by atoms with Crippen molar-refractivity contribution in [2.24, 2.45) is 5.92 Å². The zero-order valence-corrected chi connectivity index (χ0v) is 11.7. The number of aliphatic hydroxyl groups excluding tert-OH is 1. The zero-order chi connectivity index (χ0) is 15.2. The van der Waals surface area contributed by atoms with Crippen LogP contribution in [0, 0.1) is 5.92 Å². The molecule has 1 aliphatic heterocycles. The molecule has 0 aliphatic carbocycles. The molecule has 0 unspecified atom stereocenters. The Balaban J connectivity index is 1.91. The predicted molar refractivity (Wildman–Crippen MR) is 78.8 cm³/mol. The first-order valence-electron chi connectivity index (χ1n) is 7.01. The number of carboxylic acids is 1. The number of likely N-dealkylation sites (tertiary alicyclic amines) is 1. The Bertz CT molecular complexity index is 528. The summed E-state index contributed by atoms with van der Waals surface area (Å²) in [5.41, 5.74) is 1.02. The molecule has 1 fully saturated rings. The quantitative estimate of drug-likeness (QED) is 0.826. The maximum absolute atomic E-state index is 12.0. The van der Waals surface area contributed by atoms with E-state index in [2.05, 4.69) is 0 Å². The van der Waals surface area contributed by atoms with E-state index in [-0.39, 0.29) is 18.1 Å². The molecule has 21 heavy (non-hydrogen) atoms. The summed E-state index contributed by atoms with van der Waals surface area (Å²) in [6.07, 6.45) is 4.87. The minimum atomic E-state index is -0.964. The largest absolute Gasteiger partial charge is 0.478 e. The molecule has 0 atom stereocenters. The summed E-state index contributed by atoms with van der Waals surface area (Å²) in [7, 11) is 0. The maximum atomic E-state index is 12.0. The standard InChI is InChI=1S/C16H19NO4/c18-11-13-7-9-17(10-8-13)15(19)6-3-12-1-4-14(5-2-12)16(20)21/h1-6,13,18H,7-11H2,(H,20,21). The molecule has 0 bridgehead atoms. The van der Waals surface area contributed by atoms with Gasteiger partial charge >= 0.3 is 5.97 Å². The summed E-state index contributed by atoms with van der Waals surface area (Å²) in [5.74, 6) is -0.705. The lowest BCUT2D eigenvalue weighted by atomic mass is 9.98. The third-order valence-corrected chi connectivity index (χ3v) is 3.76. The molecule has 112 valence electrons. The lowest BCUT2D eigenvalue weighted by molar-refractivity contribution is -0.127. The van der Waals surface area contributed by atoms with Gasteiger partial charge in [0.15, 0.2) is 0 Å². The summed E-state index contributed by atoms with van der Waals surface area (Å²) >= 11 is 0. The van der Waals surface area contributed by atoms with Gasteiger partial charge < -0.3 is 15.1 Å². The first kappa shape index (κ1) is 15.3. The van der Waals surface area contributed by atoms with Crippen LogP contribution in [0.5, 0.6) is 0 Å². The van der Waals surface area contributed by atoms with Gasteiger partial charge in [0.1, 0.15) is 0 Å². The highest BCUT2D eigenvalue weighted by Gasteiger charge is 2.20. The fraction of sp³-hybridized carbons (Fsp3) is 0.375. The summed E-state index contributed by atoms with van der Waals surface area (Å²) in [6.45, 7) is 1.53. The van der Waals surface area contributed by atoms with E-state index in [4.69, 9.17) is 10.2 Å². The lowest BCUT2D eigenvalue weighted by Crippen LogP contribution is -2.38. The van der Waals surface area contributed by atoms with Gasteiger partial charge in [0.2, 0.25) is 5.91 Å². The fourth-order valence-electron chi connectivity index (χ4n) is 2.35. The van der Waals surface area contributed by atoms with E-state index < -0.39 is 5.97 Å². The highest BCUT2D eigenvalue weighted by Crippen LogP contribution is 2.16. The van der Waals surface area contributed by atoms with Gasteiger partial charge in [-0.15, -0.1) is 0 Å². The predicted octanol–water partition coefficient (Wildman–Crippen LogP) is 1.63. The molecule has 0 saturated carbocycles. The summed E-state index contributed by atoms with van der Waals surface area (Å²) in [4.78, 5) is 24.5. The van der Waals surface area contributed by atoms with Gasteiger partial charge in [-0.05, 0) is 42.5 Å². The number of aromatic carboxylic acids is 1. The summed E-state index contributed by atoms with van der Waals surface area (Å²) in [6, 6.07) is 6.37. The third kappa shape index (κ3) is 4.16. The van der Waals surface area contributed by atoms with Gasteiger partial charge in [0.05, 0.1) is 5.56 Å². The minimum absolute atomic E-state index is 0.0475. The normalized spacial score (nSPS) is 16.3. The monoisotopic (exact) mass is 289 g/mol. The second-order valence-electron chi connectivity index (χ2n) is 5.21. The van der Waals surface area contributed by atoms with Crippen molar-refractivity contribution in [1.29, 1.82) is 0 Å². The van der Waals surface area contributed by atoms with Crippen LogP contribution < -0.4 is 0 Å². The molecule has 2 N–H and O–H groups in total. The van der Waals surface area contributed by atoms with Crippen molar-refractivity contribution in [2.45, 2.75) is 12.8 Å². The van der Waals surface area contributed by atoms with Gasteiger partial charge in [-0.1, -0.05) is 12.1 Å². The number of rotatable bonds is 4. The fourth-order valence-corrected chi connectivity index (χ4v) is 2.35. The zero-order valence-electron chi connectivity index (χ0n) is 11.7. The molecule has 1 heterocycles. The molecule has 5 nitrogen and oxygen atoms in total. The molecule has 1 aliphatic rings. The number of hydrogen-bond acceptors (Lipinski definition) is 3. The van der Waals surface area contributed by atoms with Crippen molar-refractivity contribution in [3.05, 3.63) is 41.5 Å². The Morgan fingerprint density at radius 3 is 2.33 bits per heavy atom. The number of aliphatic hydroxyl groups is 1. The average Bonchev–Trinajstić information content (AvgIpc) is 2.53. The number of carbonyl (C=O) groups excluding carboxylic acids is 1. The maximum Gasteiger partial charge on any atom is 0.335 e. The minimum Gasteiger partial charge on any atom is -0.478 e. The van der Waals surface area contributed by atoms with Gasteiger partial charge in [-0.2, -0.15) is 0 Å². The van der Waals surface area contributed by atoms with E-state index in [0.717, 1.165) is 18.4 Å². The van der Waals surface area contributed by atoms with Crippen LogP contribution in [0.2, 0.25) is 0 Å². The summed E-state index contributed by atoms with van der Waals surface area (Å²) < 4.78 is 0. The van der Waals surface area contributed by atoms with E-state index in [1.807, 2.05) is 0 Å². The number of benzene rings is 1. The van der Waals surface area contributed by atoms with Gasteiger partial charge in [-0.25, -0.2) is 4.79 Å². The molecule has 1 aromatic carbocycles. The van der Waals surface area contributed by atoms with Crippen LogP contribution in [0.25, 0.3) is 6.08 Å². The topological polar surface area (TPSA) is 77.8 Å². The molecule has 1 aromatic rings. The number of piperidine rings is 1. The second kappa shape index (κ2) is 7.04. The van der Waals surface area contributed by atoms with Gasteiger partial charge in [0.25, 0.3) is 0 Å². The number of hydrogen-bond donors (Lipinski definition) is 2. The molecular weight excluding hydrogens is 270 g/mol. The van der Waals surface area contributed by atoms with E-state index in [0.29, 0.717) is 19.0 Å². The van der Waals surface area contributed by atoms with E-state index in [1.165, 1.54) is 18.2 Å². The molecule has 1 saturated heterocycles. The SMILES string of the molecule is O=C(O)c1ccc(C=CC(=O)N2CCC(CO)CC2)cc1. The van der Waals surface area contributed by atoms with E-state index >= 15 is 0 Å². The van der Waals surface area contributed by atoms with Gasteiger partial charge in [0, 0.05) is 25.8 Å². The van der Waals surface area contributed by atoms with E-state index in [9.17, 15) is 9.59 Å². The highest BCUT2D eigenvalue weighted by molar-refractivity contribution is 5.92. The Labute approximate surface area is 123 Å². The first-order valence-corrected chi connectivity index (χ1v) is 7.01. The van der Waals surface area contributed by atoms with Crippen molar-refractivity contribution in [1.82, 2.24) is 4.90 Å². The number of amides is 1. The molecular formula is C16H19NO4. The van der Waals surface area contributed by atoms with Crippen LogP contribution in [-0.2, 0) is 4.79 Å². The molecule has 1 amide bonds. The van der Waals surface area contributed by atoms with Crippen molar-refractivity contribution < 1.29 is 19.8 Å². The van der Waals surface area contributed by atoms with Crippen LogP contribution in [0.4, 0.5) is 0 Å². The van der Waals surface area contributed by atoms with Crippen LogP contribution in [0.15, 0.2) is 30.3 Å². The van der Waals surface area contributed by atoms with Crippen molar-refractivity contribution in [2.75, 3.05) is 19.7 Å². The van der Waals surface area contributed by atoms with Gasteiger partial charge in [-0.3, -0.25) is 4.79 Å². The second-order valence-corrected chi connectivity index (χ2v) is 5.21. The van der Waals surface area contributed by atoms with Crippen LogP contribution in [-0.4, -0.2) is 46.7 Å². The van der Waals surface area contributed by atoms with Crippen LogP contribution in [0.3, 0.4) is 0 Å². The third-order valence-electron chi connectivity index (χ3n) is 3.76. The van der Waals surface area contributed by atoms with Crippen molar-refractivity contribution >= 4 is 18.0 Å². The van der Waals surface area contributed by atoms with Crippen LogP contribution >= 0.6 is 0 Å². The van der Waals surface area contributed by atoms with Crippen LogP contribution in [0.1, 0.15) is 28.8 Å². The molecule has 0 radical (unpaired) electrons. The first-order chi connectivity index (χ1) is 10.1. The van der Waals surface area contributed by atoms with Crippen molar-refractivity contribution in [3.63, 3.8) is 0 Å². The van der Waals surface area contributed by atoms with E-state index in [1.54, 1.807) is 23.1 Å². The average molecular weight is 289 g/mol. The molecule has 2 rings (SSSR count). The Hall–Kier alpha value is -2.14. The number of carbonyl (C=O) groups is 2. The Kier molecular flexibility index (Phi) is 5.11. The lowest BCUT2D eigenvalue weighted by Gasteiger charge is -2.30. The number of nitrogens with zero attached hydrogens (tertiary/aromatic N) is 1. The smallest absolute Gasteiger partial charge is 0.335 e.